The van der Waals surface area contributed by atoms with Gasteiger partial charge in [-0.25, -0.2) is 0 Å². The first kappa shape index (κ1) is 25.8. The van der Waals surface area contributed by atoms with Gasteiger partial charge in [0.2, 0.25) is 0 Å². The van der Waals surface area contributed by atoms with Gasteiger partial charge in [-0.3, -0.25) is 4.79 Å². The Morgan fingerprint density at radius 1 is 0.853 bits per heavy atom. The molecule has 34 heavy (non-hydrogen) atoms. The molecule has 0 aliphatic heterocycles. The van der Waals surface area contributed by atoms with Crippen LogP contribution in [0.2, 0.25) is 0 Å². The molecule has 3 nitrogen and oxygen atoms in total. The second-order valence-corrected chi connectivity index (χ2v) is 15.5. The predicted molar refractivity (Wildman–Crippen MR) is 146 cm³/mol. The number of hydrogen-bond acceptors (Lipinski definition) is 2. The highest BCUT2D eigenvalue weighted by Crippen LogP contribution is 2.77. The summed E-state index contributed by atoms with van der Waals surface area (Å²) in [5.41, 5.74) is 0.688. The second kappa shape index (κ2) is 8.08. The van der Waals surface area contributed by atoms with Crippen molar-refractivity contribution in [2.24, 2.45) is 62.6 Å². The SMILES string of the molecule is CC(C)[C@@H]1CC[C@]2(C(=O)O)CC[C@]3(C)[C@H](CC[C@@H]4[C@@]5(C)CC[C@H](OI)C(C)(C)[C@@H]5CC[C@]43C)[C@@H]12. The van der Waals surface area contributed by atoms with Crippen molar-refractivity contribution in [3.8, 4) is 0 Å². The lowest BCUT2D eigenvalue weighted by Gasteiger charge is -2.72. The number of fused-ring (bicyclic) bond motifs is 7. The quantitative estimate of drug-likeness (QED) is 0.338. The summed E-state index contributed by atoms with van der Waals surface area (Å²) in [7, 11) is 0. The van der Waals surface area contributed by atoms with Crippen molar-refractivity contribution in [1.82, 2.24) is 0 Å². The van der Waals surface area contributed by atoms with Crippen LogP contribution >= 0.6 is 23.0 Å². The summed E-state index contributed by atoms with van der Waals surface area (Å²) in [5, 5.41) is 10.6. The molecule has 5 saturated carbocycles. The Labute approximate surface area is 222 Å². The molecule has 5 aliphatic carbocycles. The van der Waals surface area contributed by atoms with Gasteiger partial charge in [0, 0.05) is 0 Å². The predicted octanol–water partition coefficient (Wildman–Crippen LogP) is 8.54. The molecule has 0 heterocycles. The van der Waals surface area contributed by atoms with Crippen LogP contribution in [-0.4, -0.2) is 17.2 Å². The van der Waals surface area contributed by atoms with Gasteiger partial charge in [0.25, 0.3) is 0 Å². The van der Waals surface area contributed by atoms with Crippen LogP contribution in [0, 0.1) is 62.6 Å². The van der Waals surface area contributed by atoms with Crippen LogP contribution in [0.15, 0.2) is 0 Å². The number of carboxylic acids is 1. The minimum Gasteiger partial charge on any atom is -0.481 e. The lowest BCUT2D eigenvalue weighted by Crippen LogP contribution is -2.67. The molecule has 0 radical (unpaired) electrons. The maximum Gasteiger partial charge on any atom is 0.309 e. The minimum atomic E-state index is -0.482. The molecule has 0 bridgehead atoms. The molecule has 0 saturated heterocycles. The van der Waals surface area contributed by atoms with E-state index >= 15 is 0 Å². The fraction of sp³-hybridized carbons (Fsp3) is 0.967. The molecule has 1 N–H and O–H groups in total. The summed E-state index contributed by atoms with van der Waals surface area (Å²) >= 11 is 2.15. The summed E-state index contributed by atoms with van der Waals surface area (Å²) < 4.78 is 6.00. The molecule has 0 amide bonds. The van der Waals surface area contributed by atoms with E-state index in [4.69, 9.17) is 3.07 Å². The van der Waals surface area contributed by atoms with Crippen LogP contribution in [-0.2, 0) is 7.86 Å². The van der Waals surface area contributed by atoms with Crippen LogP contribution in [0.4, 0.5) is 0 Å². The van der Waals surface area contributed by atoms with Gasteiger partial charge in [0.15, 0.2) is 0 Å². The summed E-state index contributed by atoms with van der Waals surface area (Å²) in [6.45, 7) is 17.6. The summed E-state index contributed by atoms with van der Waals surface area (Å²) in [6, 6.07) is 0. The number of rotatable bonds is 3. The van der Waals surface area contributed by atoms with Crippen LogP contribution in [0.1, 0.15) is 113 Å². The maximum atomic E-state index is 12.8. The molecular weight excluding hydrogens is 535 g/mol. The third-order valence-electron chi connectivity index (χ3n) is 13.8. The normalized spacial score (nSPS) is 54.0. The van der Waals surface area contributed by atoms with E-state index in [0.717, 1.165) is 31.6 Å². The Morgan fingerprint density at radius 2 is 1.56 bits per heavy atom. The molecular formula is C30H49IO3. The zero-order chi connectivity index (χ0) is 24.9. The highest BCUT2D eigenvalue weighted by molar-refractivity contribution is 14.1. The van der Waals surface area contributed by atoms with Gasteiger partial charge in [-0.1, -0.05) is 48.5 Å². The van der Waals surface area contributed by atoms with Gasteiger partial charge in [0.1, 0.15) is 23.0 Å². The molecule has 10 atom stereocenters. The smallest absolute Gasteiger partial charge is 0.309 e. The zero-order valence-corrected chi connectivity index (χ0v) is 24.9. The van der Waals surface area contributed by atoms with Crippen molar-refractivity contribution < 1.29 is 13.0 Å². The number of hydrogen-bond donors (Lipinski definition) is 1. The van der Waals surface area contributed by atoms with Crippen molar-refractivity contribution in [3.63, 3.8) is 0 Å². The first-order valence-electron chi connectivity index (χ1n) is 14.3. The largest absolute Gasteiger partial charge is 0.481 e. The number of carboxylic acid groups (broad SMARTS) is 1. The summed E-state index contributed by atoms with van der Waals surface area (Å²) in [6.07, 6.45) is 12.0. The Hall–Kier alpha value is 0.160. The highest BCUT2D eigenvalue weighted by Gasteiger charge is 2.72. The number of aliphatic carboxylic acids is 1. The Kier molecular flexibility index (Phi) is 6.13. The third-order valence-corrected chi connectivity index (χ3v) is 14.4. The van der Waals surface area contributed by atoms with E-state index < -0.39 is 11.4 Å². The molecule has 5 aliphatic rings. The van der Waals surface area contributed by atoms with E-state index in [1.54, 1.807) is 0 Å². The molecule has 5 rings (SSSR count). The van der Waals surface area contributed by atoms with E-state index in [-0.39, 0.29) is 10.8 Å². The van der Waals surface area contributed by atoms with Gasteiger partial charge in [-0.2, -0.15) is 0 Å². The topological polar surface area (TPSA) is 46.5 Å². The lowest BCUT2D eigenvalue weighted by molar-refractivity contribution is -0.246. The van der Waals surface area contributed by atoms with Crippen LogP contribution in [0.5, 0.6) is 0 Å². The molecule has 0 spiro atoms. The first-order chi connectivity index (χ1) is 15.8. The summed E-state index contributed by atoms with van der Waals surface area (Å²) in [4.78, 5) is 12.8. The van der Waals surface area contributed by atoms with Crippen molar-refractivity contribution in [3.05, 3.63) is 0 Å². The Morgan fingerprint density at radius 3 is 2.18 bits per heavy atom. The molecule has 0 unspecified atom stereocenters. The third kappa shape index (κ3) is 3.05. The van der Waals surface area contributed by atoms with Crippen molar-refractivity contribution in [2.75, 3.05) is 0 Å². The van der Waals surface area contributed by atoms with E-state index in [2.05, 4.69) is 71.5 Å². The van der Waals surface area contributed by atoms with Gasteiger partial charge in [0.05, 0.1) is 11.5 Å². The number of halogens is 1. The van der Waals surface area contributed by atoms with Crippen LogP contribution < -0.4 is 0 Å². The van der Waals surface area contributed by atoms with Gasteiger partial charge < -0.3 is 8.17 Å². The van der Waals surface area contributed by atoms with Crippen LogP contribution in [0.3, 0.4) is 0 Å². The van der Waals surface area contributed by atoms with Crippen molar-refractivity contribution >= 4 is 29.0 Å². The molecule has 5 fully saturated rings. The summed E-state index contributed by atoms with van der Waals surface area (Å²) in [5.74, 6) is 3.06. The van der Waals surface area contributed by atoms with Crippen LogP contribution in [0.25, 0.3) is 0 Å². The van der Waals surface area contributed by atoms with Gasteiger partial charge >= 0.3 is 5.97 Å². The molecule has 0 aromatic carbocycles. The standard InChI is InChI=1S/C30H49IO3/c1-18(2)19-10-15-30(25(32)33)17-16-28(6)20(24(19)30)8-9-22-27(5)13-12-23(34-31)26(3,4)21(27)11-14-29(22,28)7/h18-24H,8-17H2,1-7H3,(H,32,33)/t19-,20+,21-,22+,23-,24+,27-,28+,29+,30-/m0/s1. The van der Waals surface area contributed by atoms with Gasteiger partial charge in [-0.05, 0) is 121 Å². The zero-order valence-electron chi connectivity index (χ0n) is 22.8. The fourth-order valence-electron chi connectivity index (χ4n) is 11.9. The van der Waals surface area contributed by atoms with E-state index in [9.17, 15) is 9.90 Å². The Bertz CT molecular complexity index is 839. The van der Waals surface area contributed by atoms with Crippen molar-refractivity contribution in [1.29, 1.82) is 0 Å². The van der Waals surface area contributed by atoms with Gasteiger partial charge in [-0.15, -0.1) is 0 Å². The maximum absolute atomic E-state index is 12.8. The molecule has 0 aromatic heterocycles. The fourth-order valence-corrected chi connectivity index (χ4v) is 12.8. The van der Waals surface area contributed by atoms with E-state index in [1.165, 1.54) is 38.5 Å². The lowest BCUT2D eigenvalue weighted by atomic mass is 9.32. The van der Waals surface area contributed by atoms with E-state index in [1.807, 2.05) is 0 Å². The minimum absolute atomic E-state index is 0.215. The second-order valence-electron chi connectivity index (χ2n) is 15.0. The highest BCUT2D eigenvalue weighted by atomic mass is 127. The Balaban J connectivity index is 1.54. The monoisotopic (exact) mass is 584 g/mol. The average molecular weight is 585 g/mol. The van der Waals surface area contributed by atoms with E-state index in [0.29, 0.717) is 46.5 Å². The molecule has 4 heteroatoms. The first-order valence-corrected chi connectivity index (χ1v) is 15.2. The molecule has 194 valence electrons. The number of carbonyl (C=O) groups is 1. The van der Waals surface area contributed by atoms with Crippen molar-refractivity contribution in [2.45, 2.75) is 119 Å². The molecule has 0 aromatic rings. The average Bonchev–Trinajstić information content (AvgIpc) is 3.15.